The summed E-state index contributed by atoms with van der Waals surface area (Å²) in [6.07, 6.45) is 0. The van der Waals surface area contributed by atoms with Crippen LogP contribution in [-0.2, 0) is 0 Å². The van der Waals surface area contributed by atoms with Crippen LogP contribution in [0, 0.1) is 22.7 Å². The summed E-state index contributed by atoms with van der Waals surface area (Å²) in [4.78, 5) is 0. The Labute approximate surface area is 242 Å². The normalized spacial score (nSPS) is 11.3. The zero-order valence-corrected chi connectivity index (χ0v) is 22.5. The number of aromatic nitrogens is 2. The van der Waals surface area contributed by atoms with Crippen molar-refractivity contribution in [3.63, 3.8) is 0 Å². The van der Waals surface area contributed by atoms with Gasteiger partial charge >= 0.3 is 0 Å². The smallest absolute Gasteiger partial charge is 0.0992 e. The van der Waals surface area contributed by atoms with Gasteiger partial charge in [0.15, 0.2) is 0 Å². The molecule has 2 aromatic heterocycles. The van der Waals surface area contributed by atoms with E-state index in [9.17, 15) is 10.5 Å². The number of rotatable bonds is 3. The number of nitriles is 2. The average Bonchev–Trinajstić information content (AvgIpc) is 3.57. The quantitative estimate of drug-likeness (QED) is 0.227. The molecule has 0 unspecified atom stereocenters. The first kappa shape index (κ1) is 23.8. The fraction of sp³-hybridized carbons (Fsp3) is 0. The van der Waals surface area contributed by atoms with Crippen molar-refractivity contribution in [1.29, 1.82) is 10.5 Å². The Hall–Kier alpha value is -6.10. The molecule has 42 heavy (non-hydrogen) atoms. The van der Waals surface area contributed by atoms with Gasteiger partial charge < -0.3 is 9.13 Å². The summed E-state index contributed by atoms with van der Waals surface area (Å²) in [5.41, 5.74) is 9.12. The Balaban J connectivity index is 1.45. The van der Waals surface area contributed by atoms with E-state index in [1.165, 1.54) is 10.8 Å². The van der Waals surface area contributed by atoms with E-state index in [0.717, 1.165) is 55.3 Å². The number of benzene rings is 6. The number of hydrogen-bond acceptors (Lipinski definition) is 2. The lowest BCUT2D eigenvalue weighted by Crippen LogP contribution is -2.00. The average molecular weight is 535 g/mol. The van der Waals surface area contributed by atoms with E-state index in [2.05, 4.69) is 100 Å². The molecule has 0 aliphatic carbocycles. The monoisotopic (exact) mass is 534 g/mol. The van der Waals surface area contributed by atoms with Crippen molar-refractivity contribution in [2.24, 2.45) is 0 Å². The number of para-hydroxylation sites is 4. The van der Waals surface area contributed by atoms with Crippen molar-refractivity contribution in [2.75, 3.05) is 0 Å². The highest BCUT2D eigenvalue weighted by atomic mass is 15.0. The molecule has 0 aliphatic heterocycles. The Bertz CT molecular complexity index is 2340. The number of nitrogens with zero attached hydrogens (tertiary/aromatic N) is 4. The van der Waals surface area contributed by atoms with Crippen molar-refractivity contribution in [1.82, 2.24) is 9.13 Å². The Morgan fingerprint density at radius 2 is 0.905 bits per heavy atom. The second-order valence-electron chi connectivity index (χ2n) is 10.5. The lowest BCUT2D eigenvalue weighted by molar-refractivity contribution is 1.17. The minimum atomic E-state index is 0.571. The van der Waals surface area contributed by atoms with Crippen LogP contribution < -0.4 is 0 Å². The first-order valence-electron chi connectivity index (χ1n) is 13.8. The SMILES string of the molecule is N#Cc1cc(-c2ccc(C#N)cc2-n2c3ccccc3c3ccccc32)cc(-n2c3ccccc3c3ccccc32)c1. The van der Waals surface area contributed by atoms with Crippen LogP contribution in [0.3, 0.4) is 0 Å². The lowest BCUT2D eigenvalue weighted by Gasteiger charge is -2.16. The van der Waals surface area contributed by atoms with Gasteiger partial charge in [0.2, 0.25) is 0 Å². The van der Waals surface area contributed by atoms with E-state index >= 15 is 0 Å². The van der Waals surface area contributed by atoms with Crippen LogP contribution in [0.4, 0.5) is 0 Å². The highest BCUT2D eigenvalue weighted by Crippen LogP contribution is 2.38. The molecule has 0 bridgehead atoms. The van der Waals surface area contributed by atoms with Gasteiger partial charge in [-0.05, 0) is 60.2 Å². The Morgan fingerprint density at radius 3 is 1.40 bits per heavy atom. The van der Waals surface area contributed by atoms with E-state index in [-0.39, 0.29) is 0 Å². The topological polar surface area (TPSA) is 57.4 Å². The number of hydrogen-bond donors (Lipinski definition) is 0. The molecule has 8 aromatic rings. The third-order valence-corrected chi connectivity index (χ3v) is 8.14. The van der Waals surface area contributed by atoms with Crippen LogP contribution in [0.15, 0.2) is 133 Å². The highest BCUT2D eigenvalue weighted by molar-refractivity contribution is 6.10. The second-order valence-corrected chi connectivity index (χ2v) is 10.5. The zero-order chi connectivity index (χ0) is 28.2. The standard InChI is InChI=1S/C38H22N4/c39-23-25-17-18-29(38(21-25)42-36-15-7-3-11-32(36)33-12-4-8-16-37(33)42)27-19-26(24-40)20-28(22-27)41-34-13-5-1-9-30(34)31-10-2-6-14-35(31)41/h1-22H. The van der Waals surface area contributed by atoms with Crippen molar-refractivity contribution in [2.45, 2.75) is 0 Å². The maximum Gasteiger partial charge on any atom is 0.0992 e. The van der Waals surface area contributed by atoms with Gasteiger partial charge in [0.1, 0.15) is 0 Å². The lowest BCUT2D eigenvalue weighted by atomic mass is 9.98. The van der Waals surface area contributed by atoms with Crippen LogP contribution in [0.25, 0.3) is 66.1 Å². The van der Waals surface area contributed by atoms with Crippen LogP contribution in [0.5, 0.6) is 0 Å². The van der Waals surface area contributed by atoms with Gasteiger partial charge in [-0.3, -0.25) is 0 Å². The molecule has 0 spiro atoms. The molecular formula is C38H22N4. The molecule has 0 aliphatic rings. The van der Waals surface area contributed by atoms with E-state index in [0.29, 0.717) is 11.1 Å². The van der Waals surface area contributed by atoms with Gasteiger partial charge in [-0.25, -0.2) is 0 Å². The summed E-state index contributed by atoms with van der Waals surface area (Å²) in [5.74, 6) is 0. The Kier molecular flexibility index (Phi) is 5.22. The third-order valence-electron chi connectivity index (χ3n) is 8.14. The molecule has 194 valence electrons. The summed E-state index contributed by atoms with van der Waals surface area (Å²) in [5, 5.41) is 24.7. The highest BCUT2D eigenvalue weighted by Gasteiger charge is 2.18. The molecule has 6 aromatic carbocycles. The minimum absolute atomic E-state index is 0.571. The maximum absolute atomic E-state index is 10.2. The van der Waals surface area contributed by atoms with Crippen LogP contribution in [0.1, 0.15) is 11.1 Å². The van der Waals surface area contributed by atoms with Gasteiger partial charge in [-0.1, -0.05) is 78.9 Å². The Morgan fingerprint density at radius 1 is 0.429 bits per heavy atom. The molecule has 8 rings (SSSR count). The first-order valence-corrected chi connectivity index (χ1v) is 13.8. The largest absolute Gasteiger partial charge is 0.309 e. The molecule has 0 amide bonds. The zero-order valence-electron chi connectivity index (χ0n) is 22.5. The molecule has 4 nitrogen and oxygen atoms in total. The van der Waals surface area contributed by atoms with Gasteiger partial charge in [0, 0.05) is 32.8 Å². The van der Waals surface area contributed by atoms with Gasteiger partial charge in [0.25, 0.3) is 0 Å². The molecule has 0 saturated heterocycles. The summed E-state index contributed by atoms with van der Waals surface area (Å²) < 4.78 is 4.47. The van der Waals surface area contributed by atoms with Gasteiger partial charge in [-0.15, -0.1) is 0 Å². The van der Waals surface area contributed by atoms with E-state index < -0.39 is 0 Å². The summed E-state index contributed by atoms with van der Waals surface area (Å²) >= 11 is 0. The van der Waals surface area contributed by atoms with Crippen molar-refractivity contribution >= 4 is 43.6 Å². The molecule has 0 fully saturated rings. The summed E-state index contributed by atoms with van der Waals surface area (Å²) in [6.45, 7) is 0. The molecule has 2 heterocycles. The van der Waals surface area contributed by atoms with Gasteiger partial charge in [0.05, 0.1) is 51.0 Å². The molecule has 4 heteroatoms. The minimum Gasteiger partial charge on any atom is -0.309 e. The molecule has 0 radical (unpaired) electrons. The van der Waals surface area contributed by atoms with Crippen molar-refractivity contribution in [3.05, 3.63) is 145 Å². The fourth-order valence-corrected chi connectivity index (χ4v) is 6.37. The maximum atomic E-state index is 10.2. The van der Waals surface area contributed by atoms with E-state index in [1.807, 2.05) is 54.6 Å². The van der Waals surface area contributed by atoms with Gasteiger partial charge in [-0.2, -0.15) is 10.5 Å². The van der Waals surface area contributed by atoms with Crippen LogP contribution in [-0.4, -0.2) is 9.13 Å². The molecule has 0 N–H and O–H groups in total. The van der Waals surface area contributed by atoms with Crippen molar-refractivity contribution in [3.8, 4) is 34.6 Å². The molecule has 0 saturated carbocycles. The predicted molar refractivity (Wildman–Crippen MR) is 170 cm³/mol. The third kappa shape index (κ3) is 3.47. The second kappa shape index (κ2) is 9.24. The van der Waals surface area contributed by atoms with Crippen molar-refractivity contribution < 1.29 is 0 Å². The van der Waals surface area contributed by atoms with E-state index in [4.69, 9.17) is 0 Å². The molecule has 0 atom stereocenters. The number of fused-ring (bicyclic) bond motifs is 6. The predicted octanol–water partition coefficient (Wildman–Crippen LogP) is 9.29. The van der Waals surface area contributed by atoms with Crippen LogP contribution in [0.2, 0.25) is 0 Å². The summed E-state index contributed by atoms with van der Waals surface area (Å²) in [7, 11) is 0. The first-order chi connectivity index (χ1) is 20.7. The van der Waals surface area contributed by atoms with E-state index in [1.54, 1.807) is 0 Å². The molecular weight excluding hydrogens is 512 g/mol. The summed E-state index contributed by atoms with van der Waals surface area (Å²) in [6, 6.07) is 50.0. The van der Waals surface area contributed by atoms with Crippen LogP contribution >= 0.6 is 0 Å². The fourth-order valence-electron chi connectivity index (χ4n) is 6.37.